The summed E-state index contributed by atoms with van der Waals surface area (Å²) in [6.45, 7) is 0.0830. The number of benzene rings is 2. The minimum absolute atomic E-state index is 0.0830. The molecule has 0 aliphatic carbocycles. The van der Waals surface area contributed by atoms with Crippen molar-refractivity contribution in [3.8, 4) is 16.6 Å². The fourth-order valence-corrected chi connectivity index (χ4v) is 2.97. The summed E-state index contributed by atoms with van der Waals surface area (Å²) in [6, 6.07) is 15.8. The Bertz CT molecular complexity index is 913. The molecule has 6 heteroatoms. The Hall–Kier alpha value is -2.68. The predicted octanol–water partition coefficient (Wildman–Crippen LogP) is 4.69. The van der Waals surface area contributed by atoms with E-state index in [1.807, 2.05) is 23.6 Å². The van der Waals surface area contributed by atoms with Gasteiger partial charge in [-0.15, -0.1) is 11.3 Å². The highest BCUT2D eigenvalue weighted by molar-refractivity contribution is 7.13. The van der Waals surface area contributed by atoms with Crippen molar-refractivity contribution in [2.24, 2.45) is 0 Å². The Morgan fingerprint density at radius 3 is 2.79 bits per heavy atom. The van der Waals surface area contributed by atoms with Crippen molar-refractivity contribution in [2.75, 3.05) is 0 Å². The molecule has 0 N–H and O–H groups in total. The van der Waals surface area contributed by atoms with Crippen LogP contribution in [0.25, 0.3) is 10.6 Å². The summed E-state index contributed by atoms with van der Waals surface area (Å²) in [5.41, 5.74) is 2.41. The van der Waals surface area contributed by atoms with Crippen LogP contribution in [0.4, 0.5) is 0 Å². The predicted molar refractivity (Wildman–Crippen MR) is 92.8 cm³/mol. The first-order valence-electron chi connectivity index (χ1n) is 7.03. The van der Waals surface area contributed by atoms with Crippen molar-refractivity contribution >= 4 is 28.9 Å². The molecule has 1 aromatic heterocycles. The summed E-state index contributed by atoms with van der Waals surface area (Å²) in [5, 5.41) is 12.2. The number of hydrogen-bond acceptors (Lipinski definition) is 5. The molecule has 0 saturated heterocycles. The highest BCUT2D eigenvalue weighted by Gasteiger charge is 2.10. The zero-order valence-electron chi connectivity index (χ0n) is 12.4. The van der Waals surface area contributed by atoms with Crippen molar-refractivity contribution < 1.29 is 9.53 Å². The molecule has 0 atom stereocenters. The van der Waals surface area contributed by atoms with E-state index in [9.17, 15) is 4.79 Å². The van der Waals surface area contributed by atoms with E-state index in [-0.39, 0.29) is 6.61 Å². The van der Waals surface area contributed by atoms with Gasteiger partial charge in [-0.2, -0.15) is 5.26 Å². The van der Waals surface area contributed by atoms with Gasteiger partial charge in [0.25, 0.3) is 0 Å². The quantitative estimate of drug-likeness (QED) is 0.637. The fraction of sp³-hybridized carbons (Fsp3) is 0.0556. The van der Waals surface area contributed by atoms with Crippen LogP contribution in [0.5, 0.6) is 0 Å². The van der Waals surface area contributed by atoms with Gasteiger partial charge in [0, 0.05) is 16.0 Å². The van der Waals surface area contributed by atoms with Crippen LogP contribution in [0.2, 0.25) is 5.02 Å². The van der Waals surface area contributed by atoms with Crippen molar-refractivity contribution in [1.82, 2.24) is 4.98 Å². The van der Waals surface area contributed by atoms with Crippen molar-refractivity contribution in [2.45, 2.75) is 6.61 Å². The Kier molecular flexibility index (Phi) is 4.90. The maximum atomic E-state index is 12.0. The van der Waals surface area contributed by atoms with Gasteiger partial charge in [-0.3, -0.25) is 0 Å². The number of carbonyl (C=O) groups excluding carboxylic acids is 1. The van der Waals surface area contributed by atoms with Crippen molar-refractivity contribution in [3.63, 3.8) is 0 Å². The molecule has 0 saturated carbocycles. The zero-order chi connectivity index (χ0) is 16.9. The number of esters is 1. The third kappa shape index (κ3) is 3.80. The highest BCUT2D eigenvalue weighted by Crippen LogP contribution is 2.25. The van der Waals surface area contributed by atoms with E-state index < -0.39 is 5.97 Å². The Labute approximate surface area is 147 Å². The van der Waals surface area contributed by atoms with Crippen LogP contribution in [-0.2, 0) is 11.3 Å². The molecule has 0 amide bonds. The summed E-state index contributed by atoms with van der Waals surface area (Å²) < 4.78 is 5.26. The number of rotatable bonds is 4. The van der Waals surface area contributed by atoms with Gasteiger partial charge >= 0.3 is 5.97 Å². The first kappa shape index (κ1) is 16.2. The van der Waals surface area contributed by atoms with E-state index in [1.165, 1.54) is 17.4 Å². The van der Waals surface area contributed by atoms with E-state index in [0.29, 0.717) is 21.8 Å². The largest absolute Gasteiger partial charge is 0.456 e. The maximum Gasteiger partial charge on any atom is 0.338 e. The number of thiazole rings is 1. The number of nitrogens with zero attached hydrogens (tertiary/aromatic N) is 2. The average molecular weight is 355 g/mol. The summed E-state index contributed by atoms with van der Waals surface area (Å²) in [6.07, 6.45) is 0. The second-order valence-electron chi connectivity index (χ2n) is 4.92. The zero-order valence-corrected chi connectivity index (χ0v) is 14.0. The van der Waals surface area contributed by atoms with Gasteiger partial charge in [-0.1, -0.05) is 29.8 Å². The smallest absolute Gasteiger partial charge is 0.338 e. The summed E-state index contributed by atoms with van der Waals surface area (Å²) in [5.74, 6) is -0.479. The van der Waals surface area contributed by atoms with E-state index in [4.69, 9.17) is 21.6 Å². The third-order valence-corrected chi connectivity index (χ3v) is 4.41. The number of carbonyl (C=O) groups is 1. The topological polar surface area (TPSA) is 63.0 Å². The molecule has 2 aromatic carbocycles. The number of halogens is 1. The monoisotopic (exact) mass is 354 g/mol. The summed E-state index contributed by atoms with van der Waals surface area (Å²) in [7, 11) is 0. The van der Waals surface area contributed by atoms with Gasteiger partial charge in [0.05, 0.1) is 22.9 Å². The summed E-state index contributed by atoms with van der Waals surface area (Å²) in [4.78, 5) is 16.5. The van der Waals surface area contributed by atoms with E-state index >= 15 is 0 Å². The van der Waals surface area contributed by atoms with Crippen LogP contribution >= 0.6 is 22.9 Å². The van der Waals surface area contributed by atoms with Gasteiger partial charge in [-0.25, -0.2) is 9.78 Å². The third-order valence-electron chi connectivity index (χ3n) is 3.22. The first-order valence-corrected chi connectivity index (χ1v) is 8.29. The van der Waals surface area contributed by atoms with Gasteiger partial charge < -0.3 is 4.74 Å². The summed E-state index contributed by atoms with van der Waals surface area (Å²) >= 11 is 7.35. The molecule has 0 spiro atoms. The molecule has 118 valence electrons. The molecule has 0 unspecified atom stereocenters. The van der Waals surface area contributed by atoms with E-state index in [2.05, 4.69) is 4.98 Å². The lowest BCUT2D eigenvalue weighted by atomic mass is 10.1. The minimum Gasteiger partial charge on any atom is -0.456 e. The molecular weight excluding hydrogens is 344 g/mol. The van der Waals surface area contributed by atoms with Crippen LogP contribution < -0.4 is 0 Å². The van der Waals surface area contributed by atoms with Crippen LogP contribution in [0.1, 0.15) is 21.6 Å². The SMILES string of the molecule is N#Cc1cccc(C(=O)OCc2csc(-c3ccc(Cl)cc3)n2)c1. The maximum absolute atomic E-state index is 12.0. The molecular formula is C18H11ClN2O2S. The standard InChI is InChI=1S/C18H11ClN2O2S/c19-15-6-4-13(5-7-15)17-21-16(11-24-17)10-23-18(22)14-3-1-2-12(8-14)9-20/h1-8,11H,10H2. The first-order chi connectivity index (χ1) is 11.7. The second-order valence-corrected chi connectivity index (χ2v) is 6.21. The Balaban J connectivity index is 1.66. The van der Waals surface area contributed by atoms with Gasteiger partial charge in [0.1, 0.15) is 11.6 Å². The normalized spacial score (nSPS) is 10.2. The number of hydrogen-bond donors (Lipinski definition) is 0. The van der Waals surface area contributed by atoms with Crippen LogP contribution in [0.15, 0.2) is 53.9 Å². The van der Waals surface area contributed by atoms with Crippen molar-refractivity contribution in [3.05, 3.63) is 75.8 Å². The van der Waals surface area contributed by atoms with E-state index in [1.54, 1.807) is 30.3 Å². The molecule has 4 nitrogen and oxygen atoms in total. The van der Waals surface area contributed by atoms with Crippen LogP contribution in [-0.4, -0.2) is 11.0 Å². The van der Waals surface area contributed by atoms with Gasteiger partial charge in [-0.05, 0) is 30.3 Å². The molecule has 3 rings (SSSR count). The number of ether oxygens (including phenoxy) is 1. The number of nitriles is 1. The minimum atomic E-state index is -0.479. The Morgan fingerprint density at radius 1 is 1.25 bits per heavy atom. The molecule has 3 aromatic rings. The van der Waals surface area contributed by atoms with Gasteiger partial charge in [0.15, 0.2) is 0 Å². The molecule has 0 fully saturated rings. The van der Waals surface area contributed by atoms with Gasteiger partial charge in [0.2, 0.25) is 0 Å². The lowest BCUT2D eigenvalue weighted by Crippen LogP contribution is -2.05. The Morgan fingerprint density at radius 2 is 2.04 bits per heavy atom. The molecule has 0 aliphatic heterocycles. The molecule has 0 aliphatic rings. The molecule has 24 heavy (non-hydrogen) atoms. The van der Waals surface area contributed by atoms with Crippen LogP contribution in [0, 0.1) is 11.3 Å². The van der Waals surface area contributed by atoms with Crippen molar-refractivity contribution in [1.29, 1.82) is 5.26 Å². The second kappa shape index (κ2) is 7.26. The highest BCUT2D eigenvalue weighted by atomic mass is 35.5. The molecule has 1 heterocycles. The molecule has 0 bridgehead atoms. The number of aromatic nitrogens is 1. The van der Waals surface area contributed by atoms with E-state index in [0.717, 1.165) is 10.6 Å². The lowest BCUT2D eigenvalue weighted by molar-refractivity contribution is 0.0468. The lowest BCUT2D eigenvalue weighted by Gasteiger charge is -2.03. The van der Waals surface area contributed by atoms with Crippen LogP contribution in [0.3, 0.4) is 0 Å². The molecule has 0 radical (unpaired) electrons. The fourth-order valence-electron chi connectivity index (χ4n) is 2.04. The average Bonchev–Trinajstić information content (AvgIpc) is 3.09.